The summed E-state index contributed by atoms with van der Waals surface area (Å²) in [6.45, 7) is 2.53. The second-order valence-corrected chi connectivity index (χ2v) is 4.60. The van der Waals surface area contributed by atoms with E-state index >= 15 is 0 Å². The monoisotopic (exact) mass is 181 g/mol. The summed E-state index contributed by atoms with van der Waals surface area (Å²) in [5.74, 6) is 0.809. The average molecular weight is 181 g/mol. The molecule has 0 saturated carbocycles. The van der Waals surface area contributed by atoms with Gasteiger partial charge in [0.2, 0.25) is 0 Å². The standard InChI is InChI=1S/C10H15NS/c1-11-6-2-4-9(8-11)10-5-3-7-12-10/h3,5,7,9H,2,4,6,8H2,1H3. The Hall–Kier alpha value is -0.340. The molecular weight excluding hydrogens is 166 g/mol. The molecule has 1 saturated heterocycles. The van der Waals surface area contributed by atoms with Gasteiger partial charge in [-0.3, -0.25) is 0 Å². The summed E-state index contributed by atoms with van der Waals surface area (Å²) in [4.78, 5) is 4.01. The predicted octanol–water partition coefficient (Wildman–Crippen LogP) is 2.56. The van der Waals surface area contributed by atoms with Gasteiger partial charge in [0.05, 0.1) is 0 Å². The summed E-state index contributed by atoms with van der Waals surface area (Å²) in [5.41, 5.74) is 0. The maximum Gasteiger partial charge on any atom is 0.00889 e. The number of likely N-dealkylation sites (tertiary alicyclic amines) is 1. The van der Waals surface area contributed by atoms with Crippen molar-refractivity contribution in [2.24, 2.45) is 0 Å². The van der Waals surface area contributed by atoms with Crippen LogP contribution < -0.4 is 0 Å². The Morgan fingerprint density at radius 3 is 3.17 bits per heavy atom. The van der Waals surface area contributed by atoms with Gasteiger partial charge >= 0.3 is 0 Å². The summed E-state index contributed by atoms with van der Waals surface area (Å²) in [5, 5.41) is 2.18. The van der Waals surface area contributed by atoms with Gasteiger partial charge < -0.3 is 4.90 Å². The SMILES string of the molecule is CN1CCCC(c2cccs2)C1. The molecule has 1 aliphatic rings. The van der Waals surface area contributed by atoms with Crippen LogP contribution in [0.3, 0.4) is 0 Å². The molecule has 0 radical (unpaired) electrons. The lowest BCUT2D eigenvalue weighted by Crippen LogP contribution is -2.30. The first-order valence-electron chi connectivity index (χ1n) is 4.58. The Balaban J connectivity index is 2.04. The number of nitrogens with zero attached hydrogens (tertiary/aromatic N) is 1. The quantitative estimate of drug-likeness (QED) is 0.643. The Morgan fingerprint density at radius 2 is 2.50 bits per heavy atom. The number of hydrogen-bond donors (Lipinski definition) is 0. The fraction of sp³-hybridized carbons (Fsp3) is 0.600. The van der Waals surface area contributed by atoms with E-state index in [9.17, 15) is 0 Å². The number of piperidine rings is 1. The van der Waals surface area contributed by atoms with Crippen molar-refractivity contribution < 1.29 is 0 Å². The fourth-order valence-corrected chi connectivity index (χ4v) is 2.78. The molecule has 0 aliphatic carbocycles. The average Bonchev–Trinajstić information content (AvgIpc) is 2.56. The molecule has 1 unspecified atom stereocenters. The zero-order chi connectivity index (χ0) is 8.39. The highest BCUT2D eigenvalue weighted by Gasteiger charge is 2.18. The van der Waals surface area contributed by atoms with Gasteiger partial charge in [0.25, 0.3) is 0 Å². The normalized spacial score (nSPS) is 25.9. The van der Waals surface area contributed by atoms with Gasteiger partial charge in [0.15, 0.2) is 0 Å². The van der Waals surface area contributed by atoms with Crippen molar-refractivity contribution in [3.8, 4) is 0 Å². The Labute approximate surface area is 78.0 Å². The van der Waals surface area contributed by atoms with Gasteiger partial charge in [-0.2, -0.15) is 0 Å². The maximum atomic E-state index is 2.44. The molecule has 0 bridgehead atoms. The molecule has 0 spiro atoms. The summed E-state index contributed by atoms with van der Waals surface area (Å²) >= 11 is 1.90. The zero-order valence-corrected chi connectivity index (χ0v) is 8.31. The fourth-order valence-electron chi connectivity index (χ4n) is 1.92. The van der Waals surface area contributed by atoms with E-state index < -0.39 is 0 Å². The van der Waals surface area contributed by atoms with Crippen molar-refractivity contribution in [3.05, 3.63) is 22.4 Å². The van der Waals surface area contributed by atoms with E-state index in [1.807, 2.05) is 11.3 Å². The summed E-state index contributed by atoms with van der Waals surface area (Å²) < 4.78 is 0. The largest absolute Gasteiger partial charge is 0.306 e. The summed E-state index contributed by atoms with van der Waals surface area (Å²) in [7, 11) is 2.22. The second kappa shape index (κ2) is 3.58. The lowest BCUT2D eigenvalue weighted by Gasteiger charge is -2.28. The van der Waals surface area contributed by atoms with Gasteiger partial charge in [-0.15, -0.1) is 11.3 Å². The van der Waals surface area contributed by atoms with Crippen LogP contribution >= 0.6 is 11.3 Å². The molecule has 1 fully saturated rings. The molecule has 0 aromatic carbocycles. The van der Waals surface area contributed by atoms with Gasteiger partial charge in [-0.05, 0) is 37.9 Å². The third-order valence-corrected chi connectivity index (χ3v) is 3.60. The van der Waals surface area contributed by atoms with Crippen molar-refractivity contribution in [3.63, 3.8) is 0 Å². The van der Waals surface area contributed by atoms with E-state index in [0.29, 0.717) is 0 Å². The number of likely N-dealkylation sites (N-methyl/N-ethyl adjacent to an activating group) is 1. The van der Waals surface area contributed by atoms with Crippen molar-refractivity contribution in [1.29, 1.82) is 0 Å². The third kappa shape index (κ3) is 1.70. The van der Waals surface area contributed by atoms with Gasteiger partial charge in [-0.1, -0.05) is 6.07 Å². The third-order valence-electron chi connectivity index (χ3n) is 2.57. The molecule has 1 aromatic rings. The number of thiophene rings is 1. The molecule has 12 heavy (non-hydrogen) atoms. The molecule has 2 heterocycles. The van der Waals surface area contributed by atoms with Crippen molar-refractivity contribution in [2.75, 3.05) is 20.1 Å². The molecule has 2 rings (SSSR count). The summed E-state index contributed by atoms with van der Waals surface area (Å²) in [6.07, 6.45) is 2.74. The maximum absolute atomic E-state index is 2.44. The molecule has 1 nitrogen and oxygen atoms in total. The number of rotatable bonds is 1. The van der Waals surface area contributed by atoms with E-state index in [4.69, 9.17) is 0 Å². The molecule has 1 aliphatic heterocycles. The van der Waals surface area contributed by atoms with Crippen LogP contribution in [0.1, 0.15) is 23.6 Å². The van der Waals surface area contributed by atoms with Crippen LogP contribution in [-0.2, 0) is 0 Å². The van der Waals surface area contributed by atoms with Crippen LogP contribution in [0.5, 0.6) is 0 Å². The van der Waals surface area contributed by atoms with Crippen LogP contribution in [-0.4, -0.2) is 25.0 Å². The molecule has 0 amide bonds. The van der Waals surface area contributed by atoms with Gasteiger partial charge in [0, 0.05) is 17.3 Å². The Morgan fingerprint density at radius 1 is 1.58 bits per heavy atom. The van der Waals surface area contributed by atoms with Crippen LogP contribution in [0, 0.1) is 0 Å². The zero-order valence-electron chi connectivity index (χ0n) is 7.49. The van der Waals surface area contributed by atoms with Crippen LogP contribution in [0.4, 0.5) is 0 Å². The Kier molecular flexibility index (Phi) is 2.47. The van der Waals surface area contributed by atoms with E-state index in [1.165, 1.54) is 25.9 Å². The molecule has 0 N–H and O–H groups in total. The minimum absolute atomic E-state index is 0.809. The van der Waals surface area contributed by atoms with Gasteiger partial charge in [0.1, 0.15) is 0 Å². The van der Waals surface area contributed by atoms with E-state index in [1.54, 1.807) is 4.88 Å². The molecule has 2 heteroatoms. The lowest BCUT2D eigenvalue weighted by atomic mass is 9.97. The van der Waals surface area contributed by atoms with Crippen molar-refractivity contribution >= 4 is 11.3 Å². The smallest absolute Gasteiger partial charge is 0.00889 e. The van der Waals surface area contributed by atoms with E-state index in [0.717, 1.165) is 5.92 Å². The Bertz CT molecular complexity index is 230. The minimum Gasteiger partial charge on any atom is -0.306 e. The van der Waals surface area contributed by atoms with Gasteiger partial charge in [-0.25, -0.2) is 0 Å². The van der Waals surface area contributed by atoms with E-state index in [-0.39, 0.29) is 0 Å². The van der Waals surface area contributed by atoms with Crippen LogP contribution in [0.15, 0.2) is 17.5 Å². The molecule has 1 atom stereocenters. The van der Waals surface area contributed by atoms with Crippen molar-refractivity contribution in [2.45, 2.75) is 18.8 Å². The number of hydrogen-bond acceptors (Lipinski definition) is 2. The molecular formula is C10H15NS. The van der Waals surface area contributed by atoms with Crippen molar-refractivity contribution in [1.82, 2.24) is 4.90 Å². The highest BCUT2D eigenvalue weighted by atomic mass is 32.1. The highest BCUT2D eigenvalue weighted by molar-refractivity contribution is 7.10. The first-order valence-corrected chi connectivity index (χ1v) is 5.46. The first-order chi connectivity index (χ1) is 5.86. The predicted molar refractivity (Wildman–Crippen MR) is 53.8 cm³/mol. The highest BCUT2D eigenvalue weighted by Crippen LogP contribution is 2.28. The second-order valence-electron chi connectivity index (χ2n) is 3.62. The lowest BCUT2D eigenvalue weighted by molar-refractivity contribution is 0.252. The van der Waals surface area contributed by atoms with E-state index in [2.05, 4.69) is 29.5 Å². The van der Waals surface area contributed by atoms with Crippen LogP contribution in [0.25, 0.3) is 0 Å². The topological polar surface area (TPSA) is 3.24 Å². The molecule has 1 aromatic heterocycles. The van der Waals surface area contributed by atoms with Crippen LogP contribution in [0.2, 0.25) is 0 Å². The minimum atomic E-state index is 0.809. The molecule has 66 valence electrons. The summed E-state index contributed by atoms with van der Waals surface area (Å²) in [6, 6.07) is 4.43. The first kappa shape index (κ1) is 8.27.